The molecule has 0 saturated carbocycles. The van der Waals surface area contributed by atoms with E-state index >= 15 is 0 Å². The first kappa shape index (κ1) is 31.7. The minimum Gasteiger partial charge on any atom is -0.505 e. The second kappa shape index (κ2) is 14.4. The largest absolute Gasteiger partial charge is 0.505 e. The number of phenols is 1. The zero-order valence-corrected chi connectivity index (χ0v) is 26.7. The van der Waals surface area contributed by atoms with Gasteiger partial charge in [-0.05, 0) is 97.6 Å². The van der Waals surface area contributed by atoms with Gasteiger partial charge in [0, 0.05) is 28.4 Å². The average molecular weight is 636 g/mol. The molecule has 0 spiro atoms. The van der Waals surface area contributed by atoms with E-state index in [0.29, 0.717) is 39.4 Å². The number of aliphatic hydroxyl groups excluding tert-OH is 1. The van der Waals surface area contributed by atoms with E-state index in [2.05, 4.69) is 36.0 Å². The highest BCUT2D eigenvalue weighted by atomic mass is 16.5. The number of rotatable bonds is 10. The summed E-state index contributed by atoms with van der Waals surface area (Å²) < 4.78 is 5.56. The van der Waals surface area contributed by atoms with Gasteiger partial charge in [0.25, 0.3) is 0 Å². The Morgan fingerprint density at radius 1 is 0.604 bits per heavy atom. The number of nitrogens with zero attached hydrogens (tertiary/aromatic N) is 6. The zero-order chi connectivity index (χ0) is 33.5. The molecule has 6 aromatic carbocycles. The van der Waals surface area contributed by atoms with Gasteiger partial charge < -0.3 is 20.3 Å². The number of nitrogens with one attached hydrogen (secondary N) is 1. The molecule has 0 aliphatic heterocycles. The van der Waals surface area contributed by atoms with Crippen molar-refractivity contribution in [1.29, 1.82) is 0 Å². The molecule has 0 unspecified atom stereocenters. The number of ether oxygens (including phenoxy) is 1. The summed E-state index contributed by atoms with van der Waals surface area (Å²) >= 11 is 0. The van der Waals surface area contributed by atoms with E-state index in [1.165, 1.54) is 12.7 Å². The van der Waals surface area contributed by atoms with Crippen molar-refractivity contribution in [2.75, 3.05) is 12.4 Å². The van der Waals surface area contributed by atoms with Gasteiger partial charge in [-0.25, -0.2) is 0 Å². The van der Waals surface area contributed by atoms with Gasteiger partial charge in [-0.2, -0.15) is 20.5 Å². The molecule has 0 radical (unpaired) electrons. The maximum Gasteiger partial charge on any atom is 0.150 e. The van der Waals surface area contributed by atoms with Crippen LogP contribution in [0.5, 0.6) is 11.5 Å². The molecule has 6 rings (SSSR count). The number of fused-ring (bicyclic) bond motifs is 1. The summed E-state index contributed by atoms with van der Waals surface area (Å²) in [6.45, 7) is 3.67. The number of aromatic hydroxyl groups is 1. The molecule has 238 valence electrons. The van der Waals surface area contributed by atoms with Crippen LogP contribution in [0.25, 0.3) is 10.8 Å². The SMILES string of the molecule is COc1cc(N=Nc2ccc(N=Nc3ccccc3)c(C)c2)c(CO)cc1N=Nc1ccc2cc(Nc3ccc(C)cc3)ccc2c1O. The van der Waals surface area contributed by atoms with E-state index in [-0.39, 0.29) is 12.4 Å². The number of aryl methyl sites for hydroxylation is 2. The smallest absolute Gasteiger partial charge is 0.150 e. The van der Waals surface area contributed by atoms with Crippen molar-refractivity contribution in [2.24, 2.45) is 30.7 Å². The van der Waals surface area contributed by atoms with Crippen LogP contribution in [-0.2, 0) is 6.61 Å². The third-order valence-electron chi connectivity index (χ3n) is 7.61. The maximum absolute atomic E-state index is 11.0. The Morgan fingerprint density at radius 3 is 2.04 bits per heavy atom. The Hall–Kier alpha value is -6.26. The first-order valence-corrected chi connectivity index (χ1v) is 15.2. The predicted octanol–water partition coefficient (Wildman–Crippen LogP) is 11.7. The van der Waals surface area contributed by atoms with Crippen molar-refractivity contribution in [3.05, 3.63) is 132 Å². The third-order valence-corrected chi connectivity index (χ3v) is 7.61. The number of phenolic OH excluding ortho intramolecular Hbond substituents is 1. The fourth-order valence-corrected chi connectivity index (χ4v) is 4.97. The van der Waals surface area contributed by atoms with Crippen molar-refractivity contribution in [3.8, 4) is 11.5 Å². The summed E-state index contributed by atoms with van der Waals surface area (Å²) in [6, 6.07) is 35.7. The molecule has 0 heterocycles. The van der Waals surface area contributed by atoms with Crippen LogP contribution < -0.4 is 10.1 Å². The highest BCUT2D eigenvalue weighted by Gasteiger charge is 2.12. The van der Waals surface area contributed by atoms with Gasteiger partial charge in [-0.1, -0.05) is 42.0 Å². The highest BCUT2D eigenvalue weighted by Crippen LogP contribution is 2.40. The molecule has 48 heavy (non-hydrogen) atoms. The molecule has 0 fully saturated rings. The quantitative estimate of drug-likeness (QED) is 0.129. The molecule has 3 N–H and O–H groups in total. The summed E-state index contributed by atoms with van der Waals surface area (Å²) in [7, 11) is 1.51. The van der Waals surface area contributed by atoms with Crippen LogP contribution in [0.2, 0.25) is 0 Å². The Labute approximate surface area is 277 Å². The number of hydrogen-bond acceptors (Lipinski definition) is 10. The van der Waals surface area contributed by atoms with Crippen molar-refractivity contribution in [1.82, 2.24) is 0 Å². The molecule has 0 bridgehead atoms. The zero-order valence-electron chi connectivity index (χ0n) is 26.7. The Balaban J connectivity index is 1.20. The molecule has 0 atom stereocenters. The van der Waals surface area contributed by atoms with E-state index in [1.807, 2.05) is 105 Å². The van der Waals surface area contributed by atoms with E-state index in [0.717, 1.165) is 33.7 Å². The van der Waals surface area contributed by atoms with Gasteiger partial charge in [-0.15, -0.1) is 10.2 Å². The van der Waals surface area contributed by atoms with Gasteiger partial charge >= 0.3 is 0 Å². The van der Waals surface area contributed by atoms with Crippen molar-refractivity contribution in [2.45, 2.75) is 20.5 Å². The van der Waals surface area contributed by atoms with Crippen LogP contribution in [0.15, 0.2) is 146 Å². The lowest BCUT2D eigenvalue weighted by molar-refractivity contribution is 0.282. The second-order valence-corrected chi connectivity index (χ2v) is 11.1. The molecule has 0 amide bonds. The molecule has 10 heteroatoms. The molecule has 0 saturated heterocycles. The number of anilines is 2. The van der Waals surface area contributed by atoms with Crippen LogP contribution in [0, 0.1) is 13.8 Å². The van der Waals surface area contributed by atoms with Crippen molar-refractivity contribution in [3.63, 3.8) is 0 Å². The standard InChI is InChI=1S/C38H33N7O3/c1-24-9-12-28(13-10-24)39-30-14-16-32-26(20-30)11-17-34(38(32)47)43-45-36-21-27(23-46)35(22-37(36)48-3)44-41-31-15-18-33(25(2)19-31)42-40-29-7-5-4-6-8-29/h4-22,39,46-47H,23H2,1-3H3. The van der Waals surface area contributed by atoms with Gasteiger partial charge in [0.15, 0.2) is 5.75 Å². The minimum atomic E-state index is -0.307. The highest BCUT2D eigenvalue weighted by molar-refractivity contribution is 5.94. The summed E-state index contributed by atoms with van der Waals surface area (Å²) in [4.78, 5) is 0. The van der Waals surface area contributed by atoms with Crippen LogP contribution in [0.4, 0.5) is 45.5 Å². The molecule has 6 aromatic rings. The number of azo groups is 3. The summed E-state index contributed by atoms with van der Waals surface area (Å²) in [6.07, 6.45) is 0. The minimum absolute atomic E-state index is 0.00718. The first-order chi connectivity index (χ1) is 23.4. The van der Waals surface area contributed by atoms with Crippen LogP contribution in [-0.4, -0.2) is 17.3 Å². The van der Waals surface area contributed by atoms with Crippen LogP contribution >= 0.6 is 0 Å². The normalized spacial score (nSPS) is 11.7. The van der Waals surface area contributed by atoms with Gasteiger partial charge in [0.1, 0.15) is 17.1 Å². The van der Waals surface area contributed by atoms with Gasteiger partial charge in [0.2, 0.25) is 0 Å². The number of methoxy groups -OCH3 is 1. The predicted molar refractivity (Wildman–Crippen MR) is 189 cm³/mol. The van der Waals surface area contributed by atoms with Gasteiger partial charge in [0.05, 0.1) is 36.5 Å². The number of aliphatic hydroxyl groups is 1. The fourth-order valence-electron chi connectivity index (χ4n) is 4.97. The maximum atomic E-state index is 11.0. The third kappa shape index (κ3) is 7.41. The van der Waals surface area contributed by atoms with Crippen molar-refractivity contribution < 1.29 is 14.9 Å². The molecule has 0 aromatic heterocycles. The van der Waals surface area contributed by atoms with Crippen molar-refractivity contribution >= 4 is 56.3 Å². The number of hydrogen-bond donors (Lipinski definition) is 3. The van der Waals surface area contributed by atoms with E-state index in [1.54, 1.807) is 24.3 Å². The first-order valence-electron chi connectivity index (χ1n) is 15.2. The van der Waals surface area contributed by atoms with Crippen LogP contribution in [0.3, 0.4) is 0 Å². The molecule has 0 aliphatic rings. The van der Waals surface area contributed by atoms with E-state index in [9.17, 15) is 10.2 Å². The lowest BCUT2D eigenvalue weighted by Gasteiger charge is -2.10. The molecule has 0 aliphatic carbocycles. The topological polar surface area (TPSA) is 136 Å². The Kier molecular flexibility index (Phi) is 9.54. The monoisotopic (exact) mass is 635 g/mol. The lowest BCUT2D eigenvalue weighted by Crippen LogP contribution is -1.90. The van der Waals surface area contributed by atoms with Crippen LogP contribution in [0.1, 0.15) is 16.7 Å². The fraction of sp³-hybridized carbons (Fsp3) is 0.105. The lowest BCUT2D eigenvalue weighted by atomic mass is 10.1. The molecular weight excluding hydrogens is 602 g/mol. The second-order valence-electron chi connectivity index (χ2n) is 11.1. The van der Waals surface area contributed by atoms with Gasteiger partial charge in [-0.3, -0.25) is 0 Å². The van der Waals surface area contributed by atoms with E-state index < -0.39 is 0 Å². The summed E-state index contributed by atoms with van der Waals surface area (Å²) in [5.74, 6) is 0.387. The Bertz CT molecular complexity index is 2160. The molecular formula is C38H33N7O3. The average Bonchev–Trinajstić information content (AvgIpc) is 3.11. The Morgan fingerprint density at radius 2 is 1.29 bits per heavy atom. The molecule has 10 nitrogen and oxygen atoms in total. The summed E-state index contributed by atoms with van der Waals surface area (Å²) in [5, 5.41) is 52.1. The van der Waals surface area contributed by atoms with E-state index in [4.69, 9.17) is 4.74 Å². The number of benzene rings is 6. The summed E-state index contributed by atoms with van der Waals surface area (Å²) in [5.41, 5.74) is 7.61.